The van der Waals surface area contributed by atoms with Crippen LogP contribution in [0.25, 0.3) is 6.08 Å². The van der Waals surface area contributed by atoms with Crippen LogP contribution in [0.15, 0.2) is 48.7 Å². The summed E-state index contributed by atoms with van der Waals surface area (Å²) < 4.78 is 35.9. The summed E-state index contributed by atoms with van der Waals surface area (Å²) in [6.07, 6.45) is 5.38. The van der Waals surface area contributed by atoms with E-state index in [0.29, 0.717) is 37.7 Å². The molecule has 1 aromatic carbocycles. The molecule has 30 heavy (non-hydrogen) atoms. The van der Waals surface area contributed by atoms with Crippen LogP contribution >= 0.6 is 0 Å². The normalized spacial score (nSPS) is 15.4. The fourth-order valence-corrected chi connectivity index (χ4v) is 4.57. The number of rotatable bonds is 9. The van der Waals surface area contributed by atoms with Crippen molar-refractivity contribution < 1.29 is 22.7 Å². The molecule has 0 radical (unpaired) electrons. The van der Waals surface area contributed by atoms with Crippen molar-refractivity contribution in [2.45, 2.75) is 13.0 Å². The van der Waals surface area contributed by atoms with Crippen LogP contribution in [0.4, 0.5) is 5.69 Å². The van der Waals surface area contributed by atoms with Crippen LogP contribution in [0.3, 0.4) is 0 Å². The molecule has 0 saturated carbocycles. The molecular formula is C21H25N3O5S. The second-order valence-corrected chi connectivity index (χ2v) is 8.71. The number of nitrogens with one attached hydrogen (secondary N) is 1. The maximum atomic E-state index is 12.2. The van der Waals surface area contributed by atoms with Gasteiger partial charge < -0.3 is 14.8 Å². The zero-order valence-corrected chi connectivity index (χ0v) is 17.6. The Labute approximate surface area is 176 Å². The number of benzene rings is 1. The molecule has 0 unspecified atom stereocenters. The summed E-state index contributed by atoms with van der Waals surface area (Å²) in [6.45, 7) is 1.62. The van der Waals surface area contributed by atoms with Gasteiger partial charge in [-0.05, 0) is 36.3 Å². The quantitative estimate of drug-likeness (QED) is 0.482. The molecule has 0 spiro atoms. The van der Waals surface area contributed by atoms with Gasteiger partial charge in [-0.1, -0.05) is 18.2 Å². The topological polar surface area (TPSA) is 97.8 Å². The average Bonchev–Trinajstić information content (AvgIpc) is 3.11. The highest BCUT2D eigenvalue weighted by Crippen LogP contribution is 2.24. The molecule has 2 heterocycles. The van der Waals surface area contributed by atoms with E-state index in [0.717, 1.165) is 11.1 Å². The van der Waals surface area contributed by atoms with Gasteiger partial charge in [0.05, 0.1) is 18.0 Å². The lowest BCUT2D eigenvalue weighted by molar-refractivity contribution is -0.116. The third-order valence-electron chi connectivity index (χ3n) is 4.54. The van der Waals surface area contributed by atoms with Crippen molar-refractivity contribution in [2.24, 2.45) is 0 Å². The predicted octanol–water partition coefficient (Wildman–Crippen LogP) is 1.98. The third-order valence-corrected chi connectivity index (χ3v) is 6.41. The lowest BCUT2D eigenvalue weighted by Crippen LogP contribution is -2.24. The zero-order valence-electron chi connectivity index (χ0n) is 16.8. The first-order valence-electron chi connectivity index (χ1n) is 9.61. The Kier molecular flexibility index (Phi) is 7.42. The summed E-state index contributed by atoms with van der Waals surface area (Å²) >= 11 is 0. The molecule has 1 aliphatic heterocycles. The maximum Gasteiger partial charge on any atom is 0.244 e. The Morgan fingerprint density at radius 3 is 2.73 bits per heavy atom. The van der Waals surface area contributed by atoms with E-state index >= 15 is 0 Å². The molecule has 0 aliphatic carbocycles. The number of amides is 1. The van der Waals surface area contributed by atoms with Crippen molar-refractivity contribution in [3.63, 3.8) is 0 Å². The van der Waals surface area contributed by atoms with Gasteiger partial charge in [0.1, 0.15) is 6.61 Å². The second-order valence-electron chi connectivity index (χ2n) is 6.69. The van der Waals surface area contributed by atoms with Gasteiger partial charge in [0.25, 0.3) is 0 Å². The molecule has 1 aliphatic rings. The number of carbonyl (C=O) groups excluding carboxylic acids is 1. The number of pyridine rings is 1. The van der Waals surface area contributed by atoms with Gasteiger partial charge in [0.2, 0.25) is 21.8 Å². The third kappa shape index (κ3) is 5.80. The summed E-state index contributed by atoms with van der Waals surface area (Å²) in [5.74, 6) is 0.393. The molecule has 1 amide bonds. The molecule has 0 bridgehead atoms. The number of hydrogen-bond donors (Lipinski definition) is 1. The van der Waals surface area contributed by atoms with Crippen molar-refractivity contribution in [3.05, 3.63) is 59.8 Å². The lowest BCUT2D eigenvalue weighted by Gasteiger charge is -2.16. The molecule has 3 rings (SSSR count). The molecule has 160 valence electrons. The van der Waals surface area contributed by atoms with Crippen LogP contribution in [-0.2, 0) is 26.1 Å². The Hall–Kier alpha value is -2.91. The Bertz CT molecular complexity index is 990. The largest absolute Gasteiger partial charge is 0.475 e. The summed E-state index contributed by atoms with van der Waals surface area (Å²) in [4.78, 5) is 16.3. The fourth-order valence-electron chi connectivity index (χ4n) is 3.00. The number of nitrogens with zero attached hydrogens (tertiary/aromatic N) is 2. The highest BCUT2D eigenvalue weighted by Gasteiger charge is 2.28. The van der Waals surface area contributed by atoms with E-state index in [1.807, 2.05) is 6.07 Å². The maximum absolute atomic E-state index is 12.2. The first-order valence-corrected chi connectivity index (χ1v) is 11.2. The van der Waals surface area contributed by atoms with E-state index in [4.69, 9.17) is 9.47 Å². The van der Waals surface area contributed by atoms with E-state index in [9.17, 15) is 13.2 Å². The second kappa shape index (κ2) is 10.2. The molecule has 1 fully saturated rings. The summed E-state index contributed by atoms with van der Waals surface area (Å²) in [5.41, 5.74) is 2.22. The summed E-state index contributed by atoms with van der Waals surface area (Å²) in [5, 5.41) is 2.80. The predicted molar refractivity (Wildman–Crippen MR) is 115 cm³/mol. The summed E-state index contributed by atoms with van der Waals surface area (Å²) in [6, 6.07) is 10.7. The van der Waals surface area contributed by atoms with Crippen molar-refractivity contribution >= 4 is 27.7 Å². The minimum atomic E-state index is -3.19. The Morgan fingerprint density at radius 1 is 1.23 bits per heavy atom. The van der Waals surface area contributed by atoms with E-state index < -0.39 is 10.0 Å². The van der Waals surface area contributed by atoms with Crippen molar-refractivity contribution in [3.8, 4) is 5.88 Å². The molecule has 1 N–H and O–H groups in total. The van der Waals surface area contributed by atoms with Crippen LogP contribution < -0.4 is 14.4 Å². The van der Waals surface area contributed by atoms with Crippen molar-refractivity contribution in [1.82, 2.24) is 10.3 Å². The number of hydrogen-bond acceptors (Lipinski definition) is 6. The van der Waals surface area contributed by atoms with Gasteiger partial charge in [-0.25, -0.2) is 13.4 Å². The molecule has 2 aromatic rings. The molecule has 8 nitrogen and oxygen atoms in total. The molecule has 1 aromatic heterocycles. The number of sulfonamides is 1. The highest BCUT2D eigenvalue weighted by molar-refractivity contribution is 7.93. The number of aromatic nitrogens is 1. The van der Waals surface area contributed by atoms with E-state index in [2.05, 4.69) is 10.3 Å². The van der Waals surface area contributed by atoms with Crippen LogP contribution in [0, 0.1) is 0 Å². The molecule has 0 atom stereocenters. The van der Waals surface area contributed by atoms with Crippen LogP contribution in [0.5, 0.6) is 5.88 Å². The van der Waals surface area contributed by atoms with Gasteiger partial charge in [-0.15, -0.1) is 0 Å². The Balaban J connectivity index is 1.54. The smallest absolute Gasteiger partial charge is 0.244 e. The lowest BCUT2D eigenvalue weighted by atomic mass is 10.2. The highest BCUT2D eigenvalue weighted by atomic mass is 32.2. The molecule has 1 saturated heterocycles. The Morgan fingerprint density at radius 2 is 2.03 bits per heavy atom. The van der Waals surface area contributed by atoms with Crippen LogP contribution in [0.1, 0.15) is 17.5 Å². The SMILES string of the molecule is COCCOc1ncccc1CNC(=O)/C=C/c1ccc(N2CCCS2(=O)=O)cc1. The molecular weight excluding hydrogens is 406 g/mol. The number of ether oxygens (including phenoxy) is 2. The number of anilines is 1. The average molecular weight is 432 g/mol. The minimum absolute atomic E-state index is 0.185. The van der Waals surface area contributed by atoms with E-state index in [-0.39, 0.29) is 18.2 Å². The van der Waals surface area contributed by atoms with Gasteiger partial charge in [0.15, 0.2) is 0 Å². The first kappa shape index (κ1) is 21.8. The van der Waals surface area contributed by atoms with Gasteiger partial charge in [-0.3, -0.25) is 9.10 Å². The molecule has 9 heteroatoms. The van der Waals surface area contributed by atoms with Gasteiger partial charge in [0, 0.05) is 38.0 Å². The van der Waals surface area contributed by atoms with Crippen molar-refractivity contribution in [2.75, 3.05) is 36.9 Å². The van der Waals surface area contributed by atoms with Gasteiger partial charge >= 0.3 is 0 Å². The monoisotopic (exact) mass is 431 g/mol. The number of methoxy groups -OCH3 is 1. The van der Waals surface area contributed by atoms with E-state index in [1.165, 1.54) is 10.4 Å². The van der Waals surface area contributed by atoms with E-state index in [1.54, 1.807) is 49.7 Å². The number of carbonyl (C=O) groups is 1. The zero-order chi connectivity index (χ0) is 21.4. The minimum Gasteiger partial charge on any atom is -0.475 e. The summed E-state index contributed by atoms with van der Waals surface area (Å²) in [7, 11) is -1.60. The first-order chi connectivity index (χ1) is 14.5. The standard InChI is InChI=1S/C21H25N3O5S/c1-28-13-14-29-21-18(4-2-11-22-21)16-23-20(25)10-7-17-5-8-19(9-6-17)24-12-3-15-30(24,26)27/h2,4-11H,3,12-16H2,1H3,(H,23,25)/b10-7+. The van der Waals surface area contributed by atoms with Crippen LogP contribution in [0.2, 0.25) is 0 Å². The fraction of sp³-hybridized carbons (Fsp3) is 0.333. The van der Waals surface area contributed by atoms with Gasteiger partial charge in [-0.2, -0.15) is 0 Å². The van der Waals surface area contributed by atoms with Crippen LogP contribution in [-0.4, -0.2) is 51.9 Å². The van der Waals surface area contributed by atoms with Crippen molar-refractivity contribution in [1.29, 1.82) is 0 Å².